The highest BCUT2D eigenvalue weighted by molar-refractivity contribution is 5.28. The molecule has 0 aromatic heterocycles. The molecule has 2 unspecified atom stereocenters. The van der Waals surface area contributed by atoms with Gasteiger partial charge < -0.3 is 15.2 Å². The van der Waals surface area contributed by atoms with Crippen LogP contribution in [0.5, 0.6) is 5.75 Å². The number of rotatable bonds is 7. The lowest BCUT2D eigenvalue weighted by molar-refractivity contribution is -0.274. The van der Waals surface area contributed by atoms with E-state index in [2.05, 4.69) is 15.0 Å². The molecule has 3 fully saturated rings. The van der Waals surface area contributed by atoms with E-state index >= 15 is 0 Å². The molecule has 4 nitrogen and oxygen atoms in total. The van der Waals surface area contributed by atoms with E-state index in [1.807, 2.05) is 0 Å². The Balaban J connectivity index is 1.18. The molecule has 2 saturated carbocycles. The first kappa shape index (κ1) is 19.0. The van der Waals surface area contributed by atoms with Crippen molar-refractivity contribution >= 4 is 0 Å². The topological polar surface area (TPSA) is 44.7 Å². The Morgan fingerprint density at radius 3 is 2.56 bits per heavy atom. The molecule has 1 aliphatic heterocycles. The van der Waals surface area contributed by atoms with E-state index in [0.29, 0.717) is 24.3 Å². The van der Waals surface area contributed by atoms with E-state index in [1.165, 1.54) is 12.1 Å². The van der Waals surface area contributed by atoms with Gasteiger partial charge in [0.05, 0.1) is 5.60 Å². The van der Waals surface area contributed by atoms with E-state index in [1.54, 1.807) is 12.1 Å². The summed E-state index contributed by atoms with van der Waals surface area (Å²) in [6, 6.07) is 6.12. The fourth-order valence-corrected chi connectivity index (χ4v) is 5.01. The lowest BCUT2D eigenvalue weighted by Crippen LogP contribution is -2.41. The van der Waals surface area contributed by atoms with Gasteiger partial charge in [-0.25, -0.2) is 0 Å². The Bertz CT molecular complexity index is 649. The van der Waals surface area contributed by atoms with Crippen LogP contribution in [0.1, 0.15) is 31.2 Å². The number of nitrogens with one attached hydrogen (secondary N) is 1. The zero-order valence-electron chi connectivity index (χ0n) is 15.3. The van der Waals surface area contributed by atoms with Gasteiger partial charge in [0.2, 0.25) is 0 Å². The first-order chi connectivity index (χ1) is 12.8. The summed E-state index contributed by atoms with van der Waals surface area (Å²) in [5.74, 6) is 1.87. The molecule has 2 aliphatic carbocycles. The van der Waals surface area contributed by atoms with Crippen molar-refractivity contribution in [1.29, 1.82) is 0 Å². The summed E-state index contributed by atoms with van der Waals surface area (Å²) >= 11 is 0. The van der Waals surface area contributed by atoms with Crippen molar-refractivity contribution in [3.05, 3.63) is 29.8 Å². The second-order valence-electron chi connectivity index (χ2n) is 8.44. The van der Waals surface area contributed by atoms with Crippen LogP contribution in [0.15, 0.2) is 24.3 Å². The lowest BCUT2D eigenvalue weighted by atomic mass is 10.0. The number of ether oxygens (including phenoxy) is 1. The van der Waals surface area contributed by atoms with Gasteiger partial charge in [-0.1, -0.05) is 25.0 Å². The third-order valence-corrected chi connectivity index (χ3v) is 6.34. The van der Waals surface area contributed by atoms with Crippen molar-refractivity contribution in [2.45, 2.75) is 44.2 Å². The van der Waals surface area contributed by atoms with Gasteiger partial charge in [-0.05, 0) is 54.8 Å². The maximum Gasteiger partial charge on any atom is 0.573 e. The maximum absolute atomic E-state index is 12.3. The minimum absolute atomic E-state index is 0.175. The van der Waals surface area contributed by atoms with Crippen molar-refractivity contribution in [3.8, 4) is 5.75 Å². The van der Waals surface area contributed by atoms with E-state index in [0.717, 1.165) is 57.4 Å². The van der Waals surface area contributed by atoms with E-state index in [9.17, 15) is 18.3 Å². The molecule has 3 aliphatic rings. The van der Waals surface area contributed by atoms with Gasteiger partial charge in [0.15, 0.2) is 0 Å². The highest BCUT2D eigenvalue weighted by Crippen LogP contribution is 2.51. The van der Waals surface area contributed by atoms with E-state index in [4.69, 9.17) is 0 Å². The molecular formula is C20H27F3N2O2. The van der Waals surface area contributed by atoms with Crippen LogP contribution in [0, 0.1) is 17.8 Å². The summed E-state index contributed by atoms with van der Waals surface area (Å²) in [6.07, 6.45) is -0.519. The third-order valence-electron chi connectivity index (χ3n) is 6.34. The first-order valence-corrected chi connectivity index (χ1v) is 9.81. The number of benzene rings is 1. The molecule has 0 amide bonds. The van der Waals surface area contributed by atoms with Gasteiger partial charge in [-0.2, -0.15) is 0 Å². The number of hydrogen-bond acceptors (Lipinski definition) is 4. The smallest absolute Gasteiger partial charge is 0.406 e. The fraction of sp³-hybridized carbons (Fsp3) is 0.700. The summed E-state index contributed by atoms with van der Waals surface area (Å²) in [5.41, 5.74) is 0.321. The summed E-state index contributed by atoms with van der Waals surface area (Å²) in [7, 11) is 0. The third kappa shape index (κ3) is 4.76. The van der Waals surface area contributed by atoms with Crippen LogP contribution in [-0.4, -0.2) is 48.1 Å². The van der Waals surface area contributed by atoms with Crippen LogP contribution in [-0.2, 0) is 6.54 Å². The molecule has 2 atom stereocenters. The highest BCUT2D eigenvalue weighted by Gasteiger charge is 2.55. The summed E-state index contributed by atoms with van der Waals surface area (Å²) in [6.45, 7) is 4.36. The Kier molecular flexibility index (Phi) is 5.12. The molecule has 0 bridgehead atoms. The van der Waals surface area contributed by atoms with Crippen LogP contribution < -0.4 is 10.1 Å². The van der Waals surface area contributed by atoms with Gasteiger partial charge in [-0.15, -0.1) is 13.2 Å². The molecule has 2 N–H and O–H groups in total. The number of fused-ring (bicyclic) bond motifs is 1. The number of halogens is 3. The van der Waals surface area contributed by atoms with E-state index in [-0.39, 0.29) is 5.75 Å². The fourth-order valence-electron chi connectivity index (χ4n) is 5.01. The van der Waals surface area contributed by atoms with Crippen LogP contribution >= 0.6 is 0 Å². The minimum Gasteiger partial charge on any atom is -0.406 e. The van der Waals surface area contributed by atoms with Gasteiger partial charge in [0, 0.05) is 26.2 Å². The predicted octanol–water partition coefficient (Wildman–Crippen LogP) is 3.16. The molecule has 1 aromatic carbocycles. The van der Waals surface area contributed by atoms with Crippen LogP contribution in [0.25, 0.3) is 0 Å². The molecular weight excluding hydrogens is 357 g/mol. The number of β-amino-alcohol motifs (C(OH)–C–C–N with tert-alkyl or cyclic N) is 1. The van der Waals surface area contributed by atoms with Gasteiger partial charge in [-0.3, -0.25) is 4.90 Å². The van der Waals surface area contributed by atoms with Gasteiger partial charge in [0.25, 0.3) is 0 Å². The zero-order chi connectivity index (χ0) is 19.1. The minimum atomic E-state index is -4.66. The van der Waals surface area contributed by atoms with Crippen LogP contribution in [0.2, 0.25) is 0 Å². The van der Waals surface area contributed by atoms with Crippen molar-refractivity contribution in [2.75, 3.05) is 26.2 Å². The summed E-state index contributed by atoms with van der Waals surface area (Å²) in [4.78, 5) is 2.41. The molecule has 0 radical (unpaired) electrons. The number of aliphatic hydroxyl groups is 1. The van der Waals surface area contributed by atoms with Crippen molar-refractivity contribution in [3.63, 3.8) is 0 Å². The second kappa shape index (κ2) is 7.26. The molecule has 27 heavy (non-hydrogen) atoms. The standard InChI is InChI=1S/C20H27F3N2O2/c21-20(22,23)27-15-5-3-4-14(8-15)9-24-10-16-17-11-25(12-18(16)17)13-19(26)6-1-2-7-19/h3-5,8,16-18,24,26H,1-2,6-7,9-13H2. The lowest BCUT2D eigenvalue weighted by Gasteiger charge is -2.29. The van der Waals surface area contributed by atoms with Crippen molar-refractivity contribution < 1.29 is 23.0 Å². The van der Waals surface area contributed by atoms with Gasteiger partial charge in [0.1, 0.15) is 5.75 Å². The molecule has 150 valence electrons. The molecule has 1 heterocycles. The Labute approximate surface area is 157 Å². The molecule has 7 heteroatoms. The molecule has 1 aromatic rings. The summed E-state index contributed by atoms with van der Waals surface area (Å²) in [5, 5.41) is 13.9. The van der Waals surface area contributed by atoms with E-state index < -0.39 is 12.0 Å². The number of nitrogens with zero attached hydrogens (tertiary/aromatic N) is 1. The predicted molar refractivity (Wildman–Crippen MR) is 95.2 cm³/mol. The largest absolute Gasteiger partial charge is 0.573 e. The normalized spacial score (nSPS) is 29.7. The number of likely N-dealkylation sites (tertiary alicyclic amines) is 1. The zero-order valence-corrected chi connectivity index (χ0v) is 15.3. The highest BCUT2D eigenvalue weighted by atomic mass is 19.4. The maximum atomic E-state index is 12.3. The van der Waals surface area contributed by atoms with Crippen LogP contribution in [0.4, 0.5) is 13.2 Å². The molecule has 4 rings (SSSR count). The van der Waals surface area contributed by atoms with Crippen molar-refractivity contribution in [1.82, 2.24) is 10.2 Å². The SMILES string of the molecule is OC1(CN2CC3C(CNCc4cccc(OC(F)(F)F)c4)C3C2)CCCC1. The monoisotopic (exact) mass is 384 g/mol. The Morgan fingerprint density at radius 2 is 1.89 bits per heavy atom. The average Bonchev–Trinajstić information content (AvgIpc) is 2.92. The Hall–Kier alpha value is -1.31. The average molecular weight is 384 g/mol. The van der Waals surface area contributed by atoms with Crippen molar-refractivity contribution in [2.24, 2.45) is 17.8 Å². The van der Waals surface area contributed by atoms with Crippen LogP contribution in [0.3, 0.4) is 0 Å². The second-order valence-corrected chi connectivity index (χ2v) is 8.44. The molecule has 0 spiro atoms. The number of piperidine rings is 1. The number of hydrogen-bond donors (Lipinski definition) is 2. The quantitative estimate of drug-likeness (QED) is 0.758. The number of alkyl halides is 3. The Morgan fingerprint density at radius 1 is 1.19 bits per heavy atom. The van der Waals surface area contributed by atoms with Gasteiger partial charge >= 0.3 is 6.36 Å². The molecule has 1 saturated heterocycles. The first-order valence-electron chi connectivity index (χ1n) is 9.81. The summed E-state index contributed by atoms with van der Waals surface area (Å²) < 4.78 is 40.9.